The highest BCUT2D eigenvalue weighted by Gasteiger charge is 2.19. The maximum Gasteiger partial charge on any atom is 0.0991 e. The molecule has 1 aromatic rings. The third kappa shape index (κ3) is 2.59. The summed E-state index contributed by atoms with van der Waals surface area (Å²) in [6, 6.07) is 8.14. The summed E-state index contributed by atoms with van der Waals surface area (Å²) in [6.07, 6.45) is 0. The lowest BCUT2D eigenvalue weighted by molar-refractivity contribution is 0.585. The average Bonchev–Trinajstić information content (AvgIpc) is 2.15. The molecule has 1 aromatic carbocycles. The van der Waals surface area contributed by atoms with Crippen LogP contribution < -0.4 is 0 Å². The number of rotatable bonds is 1. The summed E-state index contributed by atoms with van der Waals surface area (Å²) in [7, 11) is 0. The Balaban J connectivity index is 3.36. The molecule has 0 spiro atoms. The van der Waals surface area contributed by atoms with Gasteiger partial charge in [-0.15, -0.1) is 0 Å². The second-order valence-corrected chi connectivity index (χ2v) is 5.12. The predicted octanol–water partition coefficient (Wildman–Crippen LogP) is 3.82. The third-order valence-electron chi connectivity index (χ3n) is 2.50. The molecule has 0 atom stereocenters. The summed E-state index contributed by atoms with van der Waals surface area (Å²) in [6.45, 7) is 10.8. The smallest absolute Gasteiger partial charge is 0.0991 e. The van der Waals surface area contributed by atoms with Crippen molar-refractivity contribution in [2.45, 2.75) is 40.0 Å². The van der Waals surface area contributed by atoms with Gasteiger partial charge in [0.1, 0.15) is 0 Å². The summed E-state index contributed by atoms with van der Waals surface area (Å²) in [5, 5.41) is 8.88. The lowest BCUT2D eigenvalue weighted by Crippen LogP contribution is -2.15. The third-order valence-corrected chi connectivity index (χ3v) is 2.50. The van der Waals surface area contributed by atoms with Crippen LogP contribution in [0.15, 0.2) is 18.2 Å². The normalized spacial score (nSPS) is 11.5. The van der Waals surface area contributed by atoms with Crippen LogP contribution in [0.2, 0.25) is 0 Å². The Labute approximate surface area is 92.7 Å². The fraction of sp³-hybridized carbons (Fsp3) is 0.429. The lowest BCUT2D eigenvalue weighted by Gasteiger charge is -2.24. The lowest BCUT2D eigenvalue weighted by atomic mass is 9.80. The molecule has 15 heavy (non-hydrogen) atoms. The van der Waals surface area contributed by atoms with Crippen LogP contribution in [0.4, 0.5) is 0 Å². The largest absolute Gasteiger partial charge is 0.192 e. The summed E-state index contributed by atoms with van der Waals surface area (Å²) in [4.78, 5) is 0. The maximum absolute atomic E-state index is 8.88. The fourth-order valence-corrected chi connectivity index (χ4v) is 1.68. The predicted molar refractivity (Wildman–Crippen MR) is 63.6 cm³/mol. The van der Waals surface area contributed by atoms with Crippen molar-refractivity contribution in [1.82, 2.24) is 0 Å². The topological polar surface area (TPSA) is 23.8 Å². The van der Waals surface area contributed by atoms with Crippen molar-refractivity contribution in [3.8, 4) is 6.07 Å². The minimum atomic E-state index is 0.126. The molecule has 0 N–H and O–H groups in total. The van der Waals surface area contributed by atoms with Gasteiger partial charge in [0.25, 0.3) is 0 Å². The molecule has 1 rings (SSSR count). The number of benzene rings is 1. The quantitative estimate of drug-likeness (QED) is 0.676. The van der Waals surface area contributed by atoms with Crippen molar-refractivity contribution in [1.29, 1.82) is 5.26 Å². The summed E-state index contributed by atoms with van der Waals surface area (Å²) < 4.78 is 0. The second-order valence-electron chi connectivity index (χ2n) is 5.12. The molecular formula is C14H18N. The molecule has 0 aliphatic heterocycles. The summed E-state index contributed by atoms with van der Waals surface area (Å²) in [5.41, 5.74) is 3.38. The van der Waals surface area contributed by atoms with Gasteiger partial charge in [-0.2, -0.15) is 5.26 Å². The summed E-state index contributed by atoms with van der Waals surface area (Å²) >= 11 is 0. The minimum absolute atomic E-state index is 0.126. The van der Waals surface area contributed by atoms with E-state index in [0.717, 1.165) is 5.56 Å². The molecule has 79 valence electrons. The van der Waals surface area contributed by atoms with Crippen LogP contribution in [0, 0.1) is 17.2 Å². The van der Waals surface area contributed by atoms with Gasteiger partial charge >= 0.3 is 0 Å². The van der Waals surface area contributed by atoms with Crippen molar-refractivity contribution in [2.75, 3.05) is 0 Å². The molecular weight excluding hydrogens is 182 g/mol. The van der Waals surface area contributed by atoms with E-state index in [2.05, 4.69) is 46.8 Å². The van der Waals surface area contributed by atoms with Crippen LogP contribution in [0.5, 0.6) is 0 Å². The molecule has 0 aromatic heterocycles. The molecule has 0 bridgehead atoms. The average molecular weight is 200 g/mol. The first-order chi connectivity index (χ1) is 6.86. The van der Waals surface area contributed by atoms with E-state index in [4.69, 9.17) is 5.26 Å². The van der Waals surface area contributed by atoms with Crippen molar-refractivity contribution in [2.24, 2.45) is 0 Å². The van der Waals surface area contributed by atoms with Crippen LogP contribution in [-0.4, -0.2) is 0 Å². The van der Waals surface area contributed by atoms with E-state index < -0.39 is 0 Å². The van der Waals surface area contributed by atoms with Crippen molar-refractivity contribution < 1.29 is 0 Å². The Morgan fingerprint density at radius 2 is 1.80 bits per heavy atom. The van der Waals surface area contributed by atoms with Gasteiger partial charge in [0, 0.05) is 0 Å². The number of nitrogens with zero attached hydrogens (tertiary/aromatic N) is 1. The Morgan fingerprint density at radius 1 is 1.20 bits per heavy atom. The first-order valence-electron chi connectivity index (χ1n) is 5.21. The van der Waals surface area contributed by atoms with E-state index in [9.17, 15) is 0 Å². The molecule has 0 aliphatic carbocycles. The standard InChI is InChI=1S/C14H18N/c1-10(2)12-8-11(9-15)6-7-13(12)14(3,4)5/h6-8H,1-5H3. The van der Waals surface area contributed by atoms with Gasteiger partial charge in [-0.25, -0.2) is 0 Å². The van der Waals surface area contributed by atoms with Crippen molar-refractivity contribution in [3.63, 3.8) is 0 Å². The highest BCUT2D eigenvalue weighted by atomic mass is 14.3. The first kappa shape index (κ1) is 11.8. The summed E-state index contributed by atoms with van der Waals surface area (Å²) in [5.74, 6) is 1.26. The molecule has 0 aliphatic rings. The molecule has 0 saturated heterocycles. The molecule has 1 nitrogen and oxygen atoms in total. The van der Waals surface area contributed by atoms with Gasteiger partial charge in [0.15, 0.2) is 0 Å². The zero-order valence-electron chi connectivity index (χ0n) is 10.2. The van der Waals surface area contributed by atoms with Crippen LogP contribution in [0.1, 0.15) is 51.3 Å². The Bertz CT molecular complexity index is 389. The van der Waals surface area contributed by atoms with Gasteiger partial charge in [0.05, 0.1) is 11.6 Å². The van der Waals surface area contributed by atoms with E-state index >= 15 is 0 Å². The molecule has 0 saturated carbocycles. The SMILES string of the molecule is C[C](C)c1cc(C#N)ccc1C(C)(C)C. The van der Waals surface area contributed by atoms with Gasteiger partial charge in [-0.1, -0.05) is 40.7 Å². The fourth-order valence-electron chi connectivity index (χ4n) is 1.68. The van der Waals surface area contributed by atoms with Gasteiger partial charge in [-0.3, -0.25) is 0 Å². The minimum Gasteiger partial charge on any atom is -0.192 e. The number of hydrogen-bond donors (Lipinski definition) is 0. The van der Waals surface area contributed by atoms with Gasteiger partial charge in [-0.05, 0) is 34.6 Å². The molecule has 0 unspecified atom stereocenters. The highest BCUT2D eigenvalue weighted by molar-refractivity contribution is 5.46. The zero-order chi connectivity index (χ0) is 11.6. The van der Waals surface area contributed by atoms with E-state index in [1.54, 1.807) is 0 Å². The molecule has 1 radical (unpaired) electrons. The first-order valence-corrected chi connectivity index (χ1v) is 5.21. The van der Waals surface area contributed by atoms with Crippen LogP contribution in [-0.2, 0) is 5.41 Å². The second kappa shape index (κ2) is 4.06. The zero-order valence-corrected chi connectivity index (χ0v) is 10.2. The van der Waals surface area contributed by atoms with E-state index in [1.807, 2.05) is 12.1 Å². The van der Waals surface area contributed by atoms with E-state index in [-0.39, 0.29) is 5.41 Å². The molecule has 0 amide bonds. The molecule has 1 heteroatoms. The van der Waals surface area contributed by atoms with E-state index in [0.29, 0.717) is 0 Å². The molecule has 0 heterocycles. The number of nitriles is 1. The van der Waals surface area contributed by atoms with E-state index in [1.165, 1.54) is 17.0 Å². The van der Waals surface area contributed by atoms with Crippen molar-refractivity contribution in [3.05, 3.63) is 40.8 Å². The molecule has 0 fully saturated rings. The van der Waals surface area contributed by atoms with Gasteiger partial charge < -0.3 is 0 Å². The van der Waals surface area contributed by atoms with Crippen LogP contribution in [0.3, 0.4) is 0 Å². The Kier molecular flexibility index (Phi) is 3.19. The van der Waals surface area contributed by atoms with Crippen LogP contribution in [0.25, 0.3) is 0 Å². The van der Waals surface area contributed by atoms with Gasteiger partial charge in [0.2, 0.25) is 0 Å². The maximum atomic E-state index is 8.88. The monoisotopic (exact) mass is 200 g/mol. The number of hydrogen-bond acceptors (Lipinski definition) is 1. The van der Waals surface area contributed by atoms with Crippen LogP contribution >= 0.6 is 0 Å². The Morgan fingerprint density at radius 3 is 2.20 bits per heavy atom. The van der Waals surface area contributed by atoms with Crippen molar-refractivity contribution >= 4 is 0 Å². The highest BCUT2D eigenvalue weighted by Crippen LogP contribution is 2.30. The Hall–Kier alpha value is -1.29.